The smallest absolute Gasteiger partial charge is 0.275 e. The standard InChI is InChI=1S/C19H22N6O3S.C2H6/c1-25-19(20)24-17-13-8-12(7-6-11(13)4-3-5-15(17)29(25)27)23-18(26)14-9-22-16(28-2)10-21-14;1-2/h6-10,15,17H,3-5H2,1-2H3,(H2,20,24)(H,23,26);1-2H3. The van der Waals surface area contributed by atoms with Gasteiger partial charge in [-0.3, -0.25) is 9.10 Å². The molecule has 3 unspecified atom stereocenters. The van der Waals surface area contributed by atoms with E-state index in [4.69, 9.17) is 10.5 Å². The number of methoxy groups -OCH3 is 1. The second-order valence-corrected chi connectivity index (χ2v) is 8.65. The van der Waals surface area contributed by atoms with Crippen molar-refractivity contribution in [3.05, 3.63) is 47.4 Å². The van der Waals surface area contributed by atoms with Gasteiger partial charge >= 0.3 is 0 Å². The maximum absolute atomic E-state index is 12.8. The van der Waals surface area contributed by atoms with E-state index in [1.807, 2.05) is 32.0 Å². The number of ether oxygens (including phenoxy) is 1. The molecule has 3 atom stereocenters. The van der Waals surface area contributed by atoms with Crippen LogP contribution in [-0.4, -0.2) is 49.8 Å². The Morgan fingerprint density at radius 2 is 2.06 bits per heavy atom. The van der Waals surface area contributed by atoms with Gasteiger partial charge in [-0.1, -0.05) is 19.9 Å². The molecule has 0 saturated carbocycles. The molecule has 0 fully saturated rings. The first-order chi connectivity index (χ1) is 15.0. The topological polar surface area (TPSA) is 123 Å². The number of hydrogen-bond donors (Lipinski definition) is 2. The van der Waals surface area contributed by atoms with Gasteiger partial charge in [-0.2, -0.15) is 0 Å². The number of rotatable bonds is 3. The number of nitrogens with two attached hydrogens (primary N) is 1. The third-order valence-electron chi connectivity index (χ3n) is 5.20. The second kappa shape index (κ2) is 9.86. The molecule has 0 radical (unpaired) electrons. The van der Waals surface area contributed by atoms with Crippen molar-refractivity contribution in [2.75, 3.05) is 19.5 Å². The van der Waals surface area contributed by atoms with Gasteiger partial charge in [0, 0.05) is 12.7 Å². The zero-order chi connectivity index (χ0) is 22.5. The van der Waals surface area contributed by atoms with Crippen LogP contribution >= 0.6 is 0 Å². The lowest BCUT2D eigenvalue weighted by molar-refractivity contribution is 0.102. The Balaban J connectivity index is 0.00000132. The van der Waals surface area contributed by atoms with E-state index in [0.29, 0.717) is 11.6 Å². The highest BCUT2D eigenvalue weighted by Gasteiger charge is 2.38. The van der Waals surface area contributed by atoms with Crippen LogP contribution < -0.4 is 15.8 Å². The van der Waals surface area contributed by atoms with E-state index in [0.717, 1.165) is 30.4 Å². The number of anilines is 1. The summed E-state index contributed by atoms with van der Waals surface area (Å²) in [7, 11) is 1.94. The Labute approximate surface area is 184 Å². The van der Waals surface area contributed by atoms with Gasteiger partial charge in [0.05, 0.1) is 30.8 Å². The Bertz CT molecular complexity index is 995. The molecule has 0 bridgehead atoms. The minimum atomic E-state index is -1.24. The highest BCUT2D eigenvalue weighted by molar-refractivity contribution is 7.84. The highest BCUT2D eigenvalue weighted by Crippen LogP contribution is 2.38. The normalized spacial score (nSPS) is 22.0. The van der Waals surface area contributed by atoms with Crippen LogP contribution in [0, 0.1) is 0 Å². The summed E-state index contributed by atoms with van der Waals surface area (Å²) >= 11 is 0. The lowest BCUT2D eigenvalue weighted by Crippen LogP contribution is -2.46. The van der Waals surface area contributed by atoms with Crippen molar-refractivity contribution in [1.82, 2.24) is 14.3 Å². The van der Waals surface area contributed by atoms with Crippen LogP contribution in [0.25, 0.3) is 0 Å². The number of amides is 1. The summed E-state index contributed by atoms with van der Waals surface area (Å²) < 4.78 is 19.3. The van der Waals surface area contributed by atoms with Gasteiger partial charge in [0.1, 0.15) is 16.7 Å². The first-order valence-electron chi connectivity index (χ1n) is 10.3. The molecule has 10 heteroatoms. The van der Waals surface area contributed by atoms with Crippen molar-refractivity contribution >= 4 is 28.5 Å². The molecule has 1 amide bonds. The Kier molecular flexibility index (Phi) is 7.21. The number of nitrogens with one attached hydrogen (secondary N) is 1. The van der Waals surface area contributed by atoms with Gasteiger partial charge in [0.2, 0.25) is 11.8 Å². The molecule has 1 aromatic carbocycles. The highest BCUT2D eigenvalue weighted by atomic mass is 32.2. The van der Waals surface area contributed by atoms with Crippen LogP contribution in [0.2, 0.25) is 0 Å². The third-order valence-corrected chi connectivity index (χ3v) is 6.94. The fraction of sp³-hybridized carbons (Fsp3) is 0.429. The van der Waals surface area contributed by atoms with Crippen molar-refractivity contribution < 1.29 is 13.7 Å². The molecule has 1 aliphatic carbocycles. The van der Waals surface area contributed by atoms with E-state index in [2.05, 4.69) is 20.3 Å². The number of nitrogens with zero attached hydrogens (tertiary/aromatic N) is 4. The molecule has 0 saturated heterocycles. The molecule has 1 aromatic heterocycles. The predicted octanol–water partition coefficient (Wildman–Crippen LogP) is 2.43. The fourth-order valence-corrected chi connectivity index (χ4v) is 5.08. The molecular formula is C21H28N6O3S. The van der Waals surface area contributed by atoms with Gasteiger partial charge in [-0.15, -0.1) is 0 Å². The first-order valence-corrected chi connectivity index (χ1v) is 11.4. The number of aryl methyl sites for hydroxylation is 1. The quantitative estimate of drug-likeness (QED) is 0.750. The number of aromatic nitrogens is 2. The summed E-state index contributed by atoms with van der Waals surface area (Å²) in [5, 5.41) is 2.71. The molecule has 2 aliphatic rings. The molecule has 166 valence electrons. The molecule has 0 spiro atoms. The Morgan fingerprint density at radius 3 is 2.74 bits per heavy atom. The van der Waals surface area contributed by atoms with E-state index >= 15 is 0 Å². The maximum Gasteiger partial charge on any atom is 0.275 e. The molecule has 4 rings (SSSR count). The number of guanidine groups is 1. The Hall–Kier alpha value is -3.01. The minimum Gasteiger partial charge on any atom is -0.480 e. The van der Waals surface area contributed by atoms with E-state index in [9.17, 15) is 9.00 Å². The van der Waals surface area contributed by atoms with E-state index in [-0.39, 0.29) is 28.9 Å². The van der Waals surface area contributed by atoms with Crippen LogP contribution in [0.5, 0.6) is 5.88 Å². The van der Waals surface area contributed by atoms with Gasteiger partial charge < -0.3 is 15.8 Å². The number of carbonyl (C=O) groups excluding carboxylic acids is 1. The van der Waals surface area contributed by atoms with E-state index < -0.39 is 11.0 Å². The molecular weight excluding hydrogens is 416 g/mol. The summed E-state index contributed by atoms with van der Waals surface area (Å²) in [4.78, 5) is 25.2. The second-order valence-electron chi connectivity index (χ2n) is 6.95. The van der Waals surface area contributed by atoms with Crippen molar-refractivity contribution in [3.8, 4) is 5.88 Å². The average molecular weight is 445 g/mol. The summed E-state index contributed by atoms with van der Waals surface area (Å²) in [6.45, 7) is 4.00. The van der Waals surface area contributed by atoms with Gasteiger partial charge in [-0.05, 0) is 42.5 Å². The summed E-state index contributed by atoms with van der Waals surface area (Å²) in [6.07, 6.45) is 5.35. The molecule has 9 nitrogen and oxygen atoms in total. The molecule has 1 aliphatic heterocycles. The molecule has 2 aromatic rings. The summed E-state index contributed by atoms with van der Waals surface area (Å²) in [5.41, 5.74) is 8.88. The zero-order valence-corrected chi connectivity index (χ0v) is 19.0. The third kappa shape index (κ3) is 4.68. The van der Waals surface area contributed by atoms with Crippen molar-refractivity contribution in [2.45, 2.75) is 44.4 Å². The van der Waals surface area contributed by atoms with Crippen LogP contribution in [0.15, 0.2) is 35.6 Å². The van der Waals surface area contributed by atoms with Crippen molar-refractivity contribution in [1.29, 1.82) is 0 Å². The lowest BCUT2D eigenvalue weighted by atomic mass is 9.98. The van der Waals surface area contributed by atoms with E-state index in [1.165, 1.54) is 23.8 Å². The number of fused-ring (bicyclic) bond motifs is 3. The summed E-state index contributed by atoms with van der Waals surface area (Å²) in [5.74, 6) is 0.226. The van der Waals surface area contributed by atoms with Crippen LogP contribution in [0.4, 0.5) is 5.69 Å². The number of carbonyl (C=O) groups is 1. The lowest BCUT2D eigenvalue weighted by Gasteiger charge is -2.33. The number of benzene rings is 1. The Morgan fingerprint density at radius 1 is 1.29 bits per heavy atom. The van der Waals surface area contributed by atoms with Gasteiger partial charge in [0.25, 0.3) is 5.91 Å². The maximum atomic E-state index is 12.8. The molecule has 3 N–H and O–H groups in total. The summed E-state index contributed by atoms with van der Waals surface area (Å²) in [6, 6.07) is 5.45. The number of hydrogen-bond acceptors (Lipinski definition) is 7. The fourth-order valence-electron chi connectivity index (χ4n) is 3.64. The van der Waals surface area contributed by atoms with Crippen LogP contribution in [-0.2, 0) is 17.4 Å². The van der Waals surface area contributed by atoms with Crippen molar-refractivity contribution in [2.24, 2.45) is 10.7 Å². The van der Waals surface area contributed by atoms with Crippen LogP contribution in [0.3, 0.4) is 0 Å². The minimum absolute atomic E-state index is 0.132. The predicted molar refractivity (Wildman–Crippen MR) is 121 cm³/mol. The van der Waals surface area contributed by atoms with Crippen molar-refractivity contribution in [3.63, 3.8) is 0 Å². The monoisotopic (exact) mass is 444 g/mol. The van der Waals surface area contributed by atoms with Crippen LogP contribution in [0.1, 0.15) is 54.3 Å². The number of aliphatic imine (C=N–C) groups is 1. The molecule has 2 heterocycles. The van der Waals surface area contributed by atoms with Gasteiger partial charge in [-0.25, -0.2) is 19.2 Å². The van der Waals surface area contributed by atoms with E-state index in [1.54, 1.807) is 7.05 Å². The largest absolute Gasteiger partial charge is 0.480 e. The SMILES string of the molecule is CC.COc1cnc(C(=O)Nc2ccc3c(c2)C2N=C(N)N(C)S(=O)C2CCC3)cn1. The van der Waals surface area contributed by atoms with Gasteiger partial charge in [0.15, 0.2) is 0 Å². The molecule has 31 heavy (non-hydrogen) atoms. The average Bonchev–Trinajstić information content (AvgIpc) is 2.98. The zero-order valence-electron chi connectivity index (χ0n) is 18.2. The first kappa shape index (κ1) is 22.7.